The van der Waals surface area contributed by atoms with Crippen LogP contribution < -0.4 is 10.1 Å². The van der Waals surface area contributed by atoms with Gasteiger partial charge in [0.05, 0.1) is 17.1 Å². The summed E-state index contributed by atoms with van der Waals surface area (Å²) in [5, 5.41) is 3.74. The van der Waals surface area contributed by atoms with Gasteiger partial charge in [-0.05, 0) is 37.1 Å². The van der Waals surface area contributed by atoms with Crippen LogP contribution in [-0.4, -0.2) is 35.6 Å². The molecule has 0 atom stereocenters. The number of anilines is 2. The first-order valence-electron chi connectivity index (χ1n) is 9.21. The molecule has 0 saturated carbocycles. The third kappa shape index (κ3) is 5.23. The van der Waals surface area contributed by atoms with Gasteiger partial charge >= 0.3 is 0 Å². The molecule has 3 rings (SSSR count). The van der Waals surface area contributed by atoms with E-state index >= 15 is 0 Å². The molecule has 0 aliphatic heterocycles. The van der Waals surface area contributed by atoms with Crippen molar-refractivity contribution in [3.8, 4) is 18.1 Å². The molecule has 1 aromatic heterocycles. The number of fused-ring (bicyclic) bond motifs is 1. The van der Waals surface area contributed by atoms with Gasteiger partial charge in [-0.1, -0.05) is 11.6 Å². The summed E-state index contributed by atoms with van der Waals surface area (Å²) >= 11 is 5.86. The van der Waals surface area contributed by atoms with Crippen molar-refractivity contribution in [1.29, 1.82) is 0 Å². The molecule has 2 aromatic carbocycles. The van der Waals surface area contributed by atoms with Crippen molar-refractivity contribution in [1.82, 2.24) is 9.97 Å². The zero-order valence-corrected chi connectivity index (χ0v) is 17.0. The maximum Gasteiger partial charge on any atom is 0.209 e. The monoisotopic (exact) mass is 427 g/mol. The highest BCUT2D eigenvalue weighted by Gasteiger charge is 2.14. The molecule has 0 amide bonds. The summed E-state index contributed by atoms with van der Waals surface area (Å²) in [7, 11) is 0. The summed E-state index contributed by atoms with van der Waals surface area (Å²) in [6.07, 6.45) is 6.64. The number of aromatic nitrogens is 2. The summed E-state index contributed by atoms with van der Waals surface area (Å²) in [5.41, 5.74) is 1.76. The number of nitrogens with zero attached hydrogens (tertiary/aromatic N) is 2. The van der Waals surface area contributed by atoms with Crippen molar-refractivity contribution in [2.75, 3.05) is 25.1 Å². The van der Waals surface area contributed by atoms with Crippen LogP contribution in [0, 0.1) is 18.2 Å². The van der Waals surface area contributed by atoms with Crippen LogP contribution in [0.25, 0.3) is 10.9 Å². The van der Waals surface area contributed by atoms with Gasteiger partial charge in [-0.25, -0.2) is 14.4 Å². The first-order chi connectivity index (χ1) is 14.5. The quantitative estimate of drug-likeness (QED) is 0.311. The molecular formula is C22H19ClFN3O3. The van der Waals surface area contributed by atoms with Gasteiger partial charge in [0.1, 0.15) is 30.3 Å². The lowest BCUT2D eigenvalue weighted by atomic mass is 10.0. The van der Waals surface area contributed by atoms with Gasteiger partial charge in [0.25, 0.3) is 0 Å². The minimum absolute atomic E-state index is 0.00706. The molecule has 1 N–H and O–H groups in total. The van der Waals surface area contributed by atoms with Gasteiger partial charge in [0.15, 0.2) is 0 Å². The highest BCUT2D eigenvalue weighted by Crippen LogP contribution is 2.31. The van der Waals surface area contributed by atoms with Gasteiger partial charge < -0.3 is 14.8 Å². The van der Waals surface area contributed by atoms with E-state index < -0.39 is 5.82 Å². The normalized spacial score (nSPS) is 10.6. The van der Waals surface area contributed by atoms with Crippen LogP contribution in [0.3, 0.4) is 0 Å². The van der Waals surface area contributed by atoms with Crippen molar-refractivity contribution >= 4 is 39.8 Å². The van der Waals surface area contributed by atoms with E-state index in [2.05, 4.69) is 21.2 Å². The van der Waals surface area contributed by atoms with Crippen LogP contribution in [0.2, 0.25) is 5.02 Å². The molecule has 154 valence electrons. The number of halogens is 2. The number of terminal acetylenes is 1. The number of ketones is 1. The number of carbonyl (C=O) groups is 1. The molecule has 8 heteroatoms. The van der Waals surface area contributed by atoms with Crippen molar-refractivity contribution < 1.29 is 18.7 Å². The molecule has 30 heavy (non-hydrogen) atoms. The first kappa shape index (κ1) is 21.5. The second kappa shape index (κ2) is 10.0. The van der Waals surface area contributed by atoms with Gasteiger partial charge in [-0.3, -0.25) is 4.79 Å². The Hall–Kier alpha value is -3.21. The minimum Gasteiger partial charge on any atom is -0.491 e. The Morgan fingerprint density at radius 3 is 2.83 bits per heavy atom. The van der Waals surface area contributed by atoms with Gasteiger partial charge in [0, 0.05) is 35.7 Å². The summed E-state index contributed by atoms with van der Waals surface area (Å²) in [5.74, 6) is 2.20. The lowest BCUT2D eigenvalue weighted by Crippen LogP contribution is -2.09. The van der Waals surface area contributed by atoms with Crippen LogP contribution in [0.1, 0.15) is 12.5 Å². The largest absolute Gasteiger partial charge is 0.491 e. The van der Waals surface area contributed by atoms with Crippen LogP contribution in [0.15, 0.2) is 36.7 Å². The number of Topliss-reactive ketones (excluding diaryl/α,β-unsaturated/α-hetero) is 1. The summed E-state index contributed by atoms with van der Waals surface area (Å²) < 4.78 is 24.5. The highest BCUT2D eigenvalue weighted by atomic mass is 35.5. The number of nitrogens with one attached hydrogen (secondary N) is 1. The number of ether oxygens (including phenoxy) is 2. The number of hydrogen-bond donors (Lipinski definition) is 1. The van der Waals surface area contributed by atoms with E-state index in [0.29, 0.717) is 53.5 Å². The van der Waals surface area contributed by atoms with E-state index in [4.69, 9.17) is 27.5 Å². The maximum absolute atomic E-state index is 13.4. The molecular weight excluding hydrogens is 409 g/mol. The standard InChI is InChI=1S/C22H19ClFN3O3/c1-3-16(28)9-14-10-17-20(12-21(14)30-8-7-29-4-2)25-13-26-22(17)27-15-5-6-19(24)18(23)11-15/h1,5-6,10-13H,4,7-9H2,2H3,(H,25,26,27). The summed E-state index contributed by atoms with van der Waals surface area (Å²) in [6.45, 7) is 3.21. The zero-order valence-electron chi connectivity index (χ0n) is 16.2. The molecule has 0 saturated heterocycles. The second-order valence-corrected chi connectivity index (χ2v) is 6.65. The molecule has 0 bridgehead atoms. The fraction of sp³-hybridized carbons (Fsp3) is 0.227. The summed E-state index contributed by atoms with van der Waals surface area (Å²) in [4.78, 5) is 20.4. The Kier molecular flexibility index (Phi) is 7.17. The molecule has 6 nitrogen and oxygen atoms in total. The molecule has 0 radical (unpaired) electrons. The molecule has 0 fully saturated rings. The Balaban J connectivity index is 1.98. The van der Waals surface area contributed by atoms with Crippen LogP contribution in [0.5, 0.6) is 5.75 Å². The molecule has 3 aromatic rings. The Morgan fingerprint density at radius 2 is 2.10 bits per heavy atom. The number of rotatable bonds is 9. The topological polar surface area (TPSA) is 73.3 Å². The minimum atomic E-state index is -0.515. The molecule has 0 aliphatic carbocycles. The fourth-order valence-corrected chi connectivity index (χ4v) is 2.97. The van der Waals surface area contributed by atoms with Crippen LogP contribution in [0.4, 0.5) is 15.9 Å². The number of benzene rings is 2. The third-order valence-corrected chi connectivity index (χ3v) is 4.49. The Morgan fingerprint density at radius 1 is 1.27 bits per heavy atom. The predicted octanol–water partition coefficient (Wildman–Crippen LogP) is 4.33. The van der Waals surface area contributed by atoms with Crippen molar-refractivity contribution in [3.05, 3.63) is 53.1 Å². The van der Waals surface area contributed by atoms with E-state index in [1.54, 1.807) is 18.2 Å². The lowest BCUT2D eigenvalue weighted by Gasteiger charge is -2.14. The smallest absolute Gasteiger partial charge is 0.209 e. The first-order valence-corrected chi connectivity index (χ1v) is 9.59. The average Bonchev–Trinajstić information content (AvgIpc) is 2.74. The van der Waals surface area contributed by atoms with E-state index in [-0.39, 0.29) is 17.2 Å². The third-order valence-electron chi connectivity index (χ3n) is 4.20. The van der Waals surface area contributed by atoms with Gasteiger partial charge in [-0.15, -0.1) is 6.42 Å². The molecule has 0 unspecified atom stereocenters. The lowest BCUT2D eigenvalue weighted by molar-refractivity contribution is -0.113. The average molecular weight is 428 g/mol. The Bertz CT molecular complexity index is 1110. The van der Waals surface area contributed by atoms with E-state index in [1.165, 1.54) is 18.5 Å². The zero-order chi connectivity index (χ0) is 21.5. The van der Waals surface area contributed by atoms with Crippen molar-refractivity contribution in [2.24, 2.45) is 0 Å². The van der Waals surface area contributed by atoms with Gasteiger partial charge in [0.2, 0.25) is 5.78 Å². The number of carbonyl (C=O) groups excluding carboxylic acids is 1. The van der Waals surface area contributed by atoms with E-state index in [9.17, 15) is 9.18 Å². The molecule has 1 heterocycles. The molecule has 0 aliphatic rings. The fourth-order valence-electron chi connectivity index (χ4n) is 2.79. The molecule has 0 spiro atoms. The summed E-state index contributed by atoms with van der Waals surface area (Å²) in [6, 6.07) is 7.75. The van der Waals surface area contributed by atoms with Crippen LogP contribution in [-0.2, 0) is 16.0 Å². The van der Waals surface area contributed by atoms with E-state index in [1.807, 2.05) is 6.92 Å². The highest BCUT2D eigenvalue weighted by molar-refractivity contribution is 6.31. The second-order valence-electron chi connectivity index (χ2n) is 6.24. The van der Waals surface area contributed by atoms with Gasteiger partial charge in [-0.2, -0.15) is 0 Å². The predicted molar refractivity (Wildman–Crippen MR) is 114 cm³/mol. The van der Waals surface area contributed by atoms with Crippen molar-refractivity contribution in [2.45, 2.75) is 13.3 Å². The Labute approximate surface area is 178 Å². The number of hydrogen-bond acceptors (Lipinski definition) is 6. The van der Waals surface area contributed by atoms with Crippen LogP contribution >= 0.6 is 11.6 Å². The SMILES string of the molecule is C#CC(=O)Cc1cc2c(Nc3ccc(F)c(Cl)c3)ncnc2cc1OCCOCC. The van der Waals surface area contributed by atoms with E-state index in [0.717, 1.165) is 0 Å². The maximum atomic E-state index is 13.4. The van der Waals surface area contributed by atoms with Crippen molar-refractivity contribution in [3.63, 3.8) is 0 Å².